The van der Waals surface area contributed by atoms with E-state index in [1.165, 1.54) is 0 Å². The Morgan fingerprint density at radius 1 is 1.05 bits per heavy atom. The smallest absolute Gasteiger partial charge is 0.254 e. The van der Waals surface area contributed by atoms with Crippen LogP contribution in [-0.4, -0.2) is 77.1 Å². The molecule has 4 rings (SSSR count). The zero-order valence-corrected chi connectivity index (χ0v) is 22.5. The number of amides is 2. The van der Waals surface area contributed by atoms with Gasteiger partial charge in [-0.05, 0) is 56.5 Å². The maximum absolute atomic E-state index is 13.9. The molecule has 2 aromatic carbocycles. The topological polar surface area (TPSA) is 70.9 Å². The van der Waals surface area contributed by atoms with Gasteiger partial charge in [-0.1, -0.05) is 25.1 Å². The van der Waals surface area contributed by atoms with Crippen LogP contribution in [-0.2, 0) is 22.6 Å². The van der Waals surface area contributed by atoms with Gasteiger partial charge in [0.25, 0.3) is 11.8 Å². The number of benzene rings is 2. The van der Waals surface area contributed by atoms with Gasteiger partial charge in [-0.2, -0.15) is 0 Å². The fourth-order valence-corrected chi connectivity index (χ4v) is 5.05. The Morgan fingerprint density at radius 3 is 2.62 bits per heavy atom. The van der Waals surface area contributed by atoms with Crippen molar-refractivity contribution in [3.8, 4) is 0 Å². The molecule has 8 heteroatoms. The Bertz CT molecular complexity index is 1220. The number of hydrogen-bond acceptors (Lipinski definition) is 5. The molecule has 0 N–H and O–H groups in total. The normalized spacial score (nSPS) is 15.6. The maximum atomic E-state index is 13.9. The average molecular weight is 506 g/mol. The van der Waals surface area contributed by atoms with Gasteiger partial charge in [-0.15, -0.1) is 0 Å². The number of aromatic nitrogens is 2. The third-order valence-electron chi connectivity index (χ3n) is 7.05. The molecule has 0 fully saturated rings. The molecule has 8 nitrogen and oxygen atoms in total. The second-order valence-electron chi connectivity index (χ2n) is 9.96. The number of anilines is 1. The fraction of sp³-hybridized carbons (Fsp3) is 0.483. The molecule has 0 spiro atoms. The van der Waals surface area contributed by atoms with Gasteiger partial charge in [0.05, 0.1) is 17.4 Å². The lowest BCUT2D eigenvalue weighted by Gasteiger charge is -2.30. The number of ether oxygens (including phenoxy) is 1. The molecular weight excluding hydrogens is 466 g/mol. The zero-order chi connectivity index (χ0) is 26.4. The van der Waals surface area contributed by atoms with Crippen LogP contribution in [0.15, 0.2) is 48.8 Å². The Morgan fingerprint density at radius 2 is 1.86 bits per heavy atom. The number of aryl methyl sites for hydroxylation is 1. The molecule has 0 radical (unpaired) electrons. The van der Waals surface area contributed by atoms with Crippen molar-refractivity contribution in [3.05, 3.63) is 59.9 Å². The molecule has 37 heavy (non-hydrogen) atoms. The molecule has 0 saturated carbocycles. The summed E-state index contributed by atoms with van der Waals surface area (Å²) >= 11 is 0. The molecule has 0 unspecified atom stereocenters. The van der Waals surface area contributed by atoms with E-state index in [9.17, 15) is 9.59 Å². The van der Waals surface area contributed by atoms with Crippen molar-refractivity contribution in [2.45, 2.75) is 52.7 Å². The molecule has 2 amide bonds. The molecule has 0 atom stereocenters. The molecule has 3 aromatic rings. The van der Waals surface area contributed by atoms with Crippen LogP contribution in [0.4, 0.5) is 5.69 Å². The van der Waals surface area contributed by atoms with Gasteiger partial charge in [0.1, 0.15) is 6.61 Å². The summed E-state index contributed by atoms with van der Waals surface area (Å²) in [6.45, 7) is 10.6. The Hall–Kier alpha value is -3.23. The number of nitrogens with zero attached hydrogens (tertiary/aromatic N) is 5. The second kappa shape index (κ2) is 12.3. The van der Waals surface area contributed by atoms with Gasteiger partial charge < -0.3 is 19.1 Å². The number of rotatable bonds is 6. The van der Waals surface area contributed by atoms with Crippen molar-refractivity contribution in [3.63, 3.8) is 0 Å². The highest BCUT2D eigenvalue weighted by atomic mass is 16.5. The molecule has 198 valence electrons. The molecule has 2 heterocycles. The van der Waals surface area contributed by atoms with E-state index in [0.717, 1.165) is 54.8 Å². The number of imidazole rings is 1. The maximum Gasteiger partial charge on any atom is 0.254 e. The summed E-state index contributed by atoms with van der Waals surface area (Å²) in [5.74, 6) is -0.101. The zero-order valence-electron chi connectivity index (χ0n) is 22.5. The predicted octanol–water partition coefficient (Wildman–Crippen LogP) is 4.18. The number of hydrogen-bond donors (Lipinski definition) is 0. The minimum atomic E-state index is -0.0729. The number of carbonyl (C=O) groups excluding carboxylic acids is 2. The number of carbonyl (C=O) groups is 2. The summed E-state index contributed by atoms with van der Waals surface area (Å²) in [4.78, 5) is 37.6. The minimum Gasteiger partial charge on any atom is -0.375 e. The van der Waals surface area contributed by atoms with E-state index in [-0.39, 0.29) is 18.4 Å². The highest BCUT2D eigenvalue weighted by molar-refractivity contribution is 5.98. The van der Waals surface area contributed by atoms with Crippen LogP contribution in [0.3, 0.4) is 0 Å². The molecule has 1 aliphatic rings. The monoisotopic (exact) mass is 505 g/mol. The fourth-order valence-electron chi connectivity index (χ4n) is 5.05. The molecule has 0 bridgehead atoms. The van der Waals surface area contributed by atoms with E-state index in [2.05, 4.69) is 35.2 Å². The van der Waals surface area contributed by atoms with Crippen LogP contribution in [0.2, 0.25) is 0 Å². The summed E-state index contributed by atoms with van der Waals surface area (Å²) < 4.78 is 7.30. The van der Waals surface area contributed by atoms with E-state index >= 15 is 0 Å². The predicted molar refractivity (Wildman–Crippen MR) is 147 cm³/mol. The summed E-state index contributed by atoms with van der Waals surface area (Å²) in [6.07, 6.45) is 3.71. The summed E-state index contributed by atoms with van der Waals surface area (Å²) in [5, 5.41) is 0. The lowest BCUT2D eigenvalue weighted by Crippen LogP contribution is -2.41. The van der Waals surface area contributed by atoms with Gasteiger partial charge in [0, 0.05) is 63.7 Å². The van der Waals surface area contributed by atoms with E-state index in [1.807, 2.05) is 58.6 Å². The molecule has 0 saturated heterocycles. The molecule has 1 aromatic heterocycles. The van der Waals surface area contributed by atoms with E-state index in [1.54, 1.807) is 7.11 Å². The van der Waals surface area contributed by atoms with Gasteiger partial charge >= 0.3 is 0 Å². The SMILES string of the molecule is CCCn1cnc2cc(C(=O)N3CCN(C(C)C)CCCN(C(=O)COC)c4ccccc4C3)ccc21. The van der Waals surface area contributed by atoms with Gasteiger partial charge in [0.15, 0.2) is 0 Å². The number of fused-ring (bicyclic) bond motifs is 2. The summed E-state index contributed by atoms with van der Waals surface area (Å²) in [5.41, 5.74) is 4.29. The third-order valence-corrected chi connectivity index (χ3v) is 7.05. The third kappa shape index (κ3) is 6.19. The van der Waals surface area contributed by atoms with Crippen molar-refractivity contribution in [1.29, 1.82) is 0 Å². The lowest BCUT2D eigenvalue weighted by atomic mass is 10.1. The summed E-state index contributed by atoms with van der Waals surface area (Å²) in [7, 11) is 1.54. The van der Waals surface area contributed by atoms with Gasteiger partial charge in [0.2, 0.25) is 0 Å². The lowest BCUT2D eigenvalue weighted by molar-refractivity contribution is -0.122. The van der Waals surface area contributed by atoms with E-state index in [4.69, 9.17) is 4.74 Å². The van der Waals surface area contributed by atoms with E-state index < -0.39 is 0 Å². The van der Waals surface area contributed by atoms with Crippen molar-refractivity contribution in [2.24, 2.45) is 0 Å². The highest BCUT2D eigenvalue weighted by Crippen LogP contribution is 2.25. The van der Waals surface area contributed by atoms with Crippen LogP contribution < -0.4 is 4.90 Å². The highest BCUT2D eigenvalue weighted by Gasteiger charge is 2.25. The average Bonchev–Trinajstić information content (AvgIpc) is 3.28. The van der Waals surface area contributed by atoms with Crippen LogP contribution >= 0.6 is 0 Å². The first-order valence-electron chi connectivity index (χ1n) is 13.3. The van der Waals surface area contributed by atoms with Crippen molar-refractivity contribution < 1.29 is 14.3 Å². The quantitative estimate of drug-likeness (QED) is 0.503. The Balaban J connectivity index is 1.69. The van der Waals surface area contributed by atoms with Crippen LogP contribution in [0, 0.1) is 0 Å². The van der Waals surface area contributed by atoms with Crippen molar-refractivity contribution in [1.82, 2.24) is 19.4 Å². The van der Waals surface area contributed by atoms with Crippen LogP contribution in [0.25, 0.3) is 11.0 Å². The number of para-hydroxylation sites is 1. The second-order valence-corrected chi connectivity index (χ2v) is 9.96. The molecule has 0 aliphatic carbocycles. The first-order chi connectivity index (χ1) is 17.9. The van der Waals surface area contributed by atoms with Crippen LogP contribution in [0.1, 0.15) is 49.5 Å². The molecular formula is C29H39N5O3. The Kier molecular flexibility index (Phi) is 8.95. The molecule has 1 aliphatic heterocycles. The summed E-state index contributed by atoms with van der Waals surface area (Å²) in [6, 6.07) is 14.0. The van der Waals surface area contributed by atoms with Crippen molar-refractivity contribution >= 4 is 28.5 Å². The van der Waals surface area contributed by atoms with Crippen molar-refractivity contribution in [2.75, 3.05) is 44.8 Å². The van der Waals surface area contributed by atoms with Crippen LogP contribution in [0.5, 0.6) is 0 Å². The van der Waals surface area contributed by atoms with E-state index in [0.29, 0.717) is 31.2 Å². The van der Waals surface area contributed by atoms with Gasteiger partial charge in [-0.25, -0.2) is 4.98 Å². The first-order valence-corrected chi connectivity index (χ1v) is 13.3. The first kappa shape index (κ1) is 26.8. The minimum absolute atomic E-state index is 0.0234. The largest absolute Gasteiger partial charge is 0.375 e. The van der Waals surface area contributed by atoms with Gasteiger partial charge in [-0.3, -0.25) is 14.5 Å². The Labute approximate surface area is 219 Å². The standard InChI is InChI=1S/C29H39N5O3/c1-5-13-33-21-30-25-18-23(11-12-27(25)33)29(36)32-17-16-31(22(2)3)14-8-15-34(28(35)20-37-4)26-10-7-6-9-24(26)19-32/h6-7,9-12,18,21-22H,5,8,13-17,19-20H2,1-4H3. The number of methoxy groups -OCH3 is 1.